The summed E-state index contributed by atoms with van der Waals surface area (Å²) in [6.45, 7) is 1.96. The number of nitrogens with zero attached hydrogens (tertiary/aromatic N) is 2. The van der Waals surface area contributed by atoms with Crippen LogP contribution in [0.25, 0.3) is 0 Å². The third-order valence-electron chi connectivity index (χ3n) is 2.50. The Bertz CT molecular complexity index is 574. The first-order chi connectivity index (χ1) is 8.61. The summed E-state index contributed by atoms with van der Waals surface area (Å²) in [5.74, 6) is 1.53. The maximum atomic E-state index is 6.02. The van der Waals surface area contributed by atoms with Gasteiger partial charge in [0.2, 0.25) is 0 Å². The number of aryl methyl sites for hydroxylation is 1. The Morgan fingerprint density at radius 2 is 2.11 bits per heavy atom. The van der Waals surface area contributed by atoms with Gasteiger partial charge in [-0.15, -0.1) is 0 Å². The van der Waals surface area contributed by atoms with E-state index < -0.39 is 0 Å². The standard InChI is InChI=1S/C12H13ClN4O/c1-7-5-8(18-2)3-4-9(7)17-12-10(13)11(14)15-6-16-12/h3-6H,1-2H3,(H3,14,15,16,17). The van der Waals surface area contributed by atoms with E-state index in [1.807, 2.05) is 25.1 Å². The lowest BCUT2D eigenvalue weighted by molar-refractivity contribution is 0.414. The van der Waals surface area contributed by atoms with Gasteiger partial charge in [0.05, 0.1) is 7.11 Å². The third-order valence-corrected chi connectivity index (χ3v) is 2.88. The predicted octanol–water partition coefficient (Wildman–Crippen LogP) is 2.77. The summed E-state index contributed by atoms with van der Waals surface area (Å²) in [5, 5.41) is 3.43. The fraction of sp³-hybridized carbons (Fsp3) is 0.167. The quantitative estimate of drug-likeness (QED) is 0.892. The molecular weight excluding hydrogens is 252 g/mol. The summed E-state index contributed by atoms with van der Waals surface area (Å²) in [6, 6.07) is 5.66. The number of nitrogens with one attached hydrogen (secondary N) is 1. The molecule has 0 unspecified atom stereocenters. The van der Waals surface area contributed by atoms with Gasteiger partial charge >= 0.3 is 0 Å². The normalized spacial score (nSPS) is 10.2. The molecule has 6 heteroatoms. The lowest BCUT2D eigenvalue weighted by Gasteiger charge is -2.11. The number of anilines is 3. The number of hydrogen-bond donors (Lipinski definition) is 2. The topological polar surface area (TPSA) is 73.1 Å². The minimum Gasteiger partial charge on any atom is -0.497 e. The van der Waals surface area contributed by atoms with Crippen molar-refractivity contribution in [1.29, 1.82) is 0 Å². The molecule has 0 saturated heterocycles. The Morgan fingerprint density at radius 3 is 2.78 bits per heavy atom. The number of aromatic nitrogens is 2. The van der Waals surface area contributed by atoms with E-state index in [2.05, 4.69) is 15.3 Å². The van der Waals surface area contributed by atoms with Crippen LogP contribution in [0.2, 0.25) is 5.02 Å². The van der Waals surface area contributed by atoms with Crippen molar-refractivity contribution >= 4 is 28.9 Å². The molecule has 5 nitrogen and oxygen atoms in total. The molecule has 3 N–H and O–H groups in total. The van der Waals surface area contributed by atoms with E-state index in [9.17, 15) is 0 Å². The van der Waals surface area contributed by atoms with Crippen LogP contribution in [-0.2, 0) is 0 Å². The Morgan fingerprint density at radius 1 is 1.33 bits per heavy atom. The number of rotatable bonds is 3. The highest BCUT2D eigenvalue weighted by molar-refractivity contribution is 6.35. The largest absolute Gasteiger partial charge is 0.497 e. The Balaban J connectivity index is 2.31. The van der Waals surface area contributed by atoms with Gasteiger partial charge in [0, 0.05) is 5.69 Å². The predicted molar refractivity (Wildman–Crippen MR) is 72.5 cm³/mol. The monoisotopic (exact) mass is 264 g/mol. The van der Waals surface area contributed by atoms with Gasteiger partial charge in [-0.2, -0.15) is 0 Å². The van der Waals surface area contributed by atoms with Crippen molar-refractivity contribution in [2.45, 2.75) is 6.92 Å². The van der Waals surface area contributed by atoms with Gasteiger partial charge < -0.3 is 15.8 Å². The van der Waals surface area contributed by atoms with Crippen molar-refractivity contribution in [1.82, 2.24) is 9.97 Å². The molecular formula is C12H13ClN4O. The Labute approximate surface area is 110 Å². The number of methoxy groups -OCH3 is 1. The first-order valence-corrected chi connectivity index (χ1v) is 5.67. The molecule has 1 heterocycles. The maximum Gasteiger partial charge on any atom is 0.154 e. The van der Waals surface area contributed by atoms with E-state index in [1.165, 1.54) is 6.33 Å². The van der Waals surface area contributed by atoms with Crippen LogP contribution in [-0.4, -0.2) is 17.1 Å². The van der Waals surface area contributed by atoms with E-state index in [0.29, 0.717) is 10.8 Å². The average molecular weight is 265 g/mol. The molecule has 0 bridgehead atoms. The number of nitrogen functional groups attached to an aromatic ring is 1. The molecule has 94 valence electrons. The highest BCUT2D eigenvalue weighted by Gasteiger charge is 2.08. The van der Waals surface area contributed by atoms with Gasteiger partial charge in [-0.25, -0.2) is 9.97 Å². The van der Waals surface area contributed by atoms with Crippen LogP contribution in [0.15, 0.2) is 24.5 Å². The highest BCUT2D eigenvalue weighted by atomic mass is 35.5. The fourth-order valence-electron chi connectivity index (χ4n) is 1.50. The first-order valence-electron chi connectivity index (χ1n) is 5.29. The molecule has 0 fully saturated rings. The van der Waals surface area contributed by atoms with Crippen LogP contribution in [0.5, 0.6) is 5.75 Å². The zero-order valence-electron chi connectivity index (χ0n) is 10.1. The molecule has 0 atom stereocenters. The van der Waals surface area contributed by atoms with E-state index >= 15 is 0 Å². The molecule has 0 radical (unpaired) electrons. The second kappa shape index (κ2) is 5.10. The minimum atomic E-state index is 0.250. The van der Waals surface area contributed by atoms with E-state index in [1.54, 1.807) is 7.11 Å². The molecule has 0 aliphatic carbocycles. The zero-order valence-corrected chi connectivity index (χ0v) is 10.8. The Hall–Kier alpha value is -2.01. The molecule has 1 aromatic heterocycles. The molecule has 2 aromatic rings. The lowest BCUT2D eigenvalue weighted by atomic mass is 10.2. The fourth-order valence-corrected chi connectivity index (χ4v) is 1.65. The molecule has 0 amide bonds. The highest BCUT2D eigenvalue weighted by Crippen LogP contribution is 2.29. The molecule has 0 spiro atoms. The average Bonchev–Trinajstić information content (AvgIpc) is 2.37. The van der Waals surface area contributed by atoms with Crippen molar-refractivity contribution in [3.8, 4) is 5.75 Å². The first kappa shape index (κ1) is 12.4. The number of nitrogens with two attached hydrogens (primary N) is 1. The van der Waals surface area contributed by atoms with Crippen LogP contribution in [0, 0.1) is 6.92 Å². The molecule has 0 aliphatic heterocycles. The van der Waals surface area contributed by atoms with Crippen molar-refractivity contribution in [2.24, 2.45) is 0 Å². The van der Waals surface area contributed by atoms with Crippen LogP contribution >= 0.6 is 11.6 Å². The minimum absolute atomic E-state index is 0.250. The van der Waals surface area contributed by atoms with Crippen molar-refractivity contribution in [2.75, 3.05) is 18.2 Å². The summed E-state index contributed by atoms with van der Waals surface area (Å²) in [6.07, 6.45) is 1.36. The van der Waals surface area contributed by atoms with E-state index in [4.69, 9.17) is 22.1 Å². The number of ether oxygens (including phenoxy) is 1. The Kier molecular flexibility index (Phi) is 3.53. The van der Waals surface area contributed by atoms with Gasteiger partial charge in [-0.05, 0) is 30.7 Å². The van der Waals surface area contributed by atoms with Crippen LogP contribution in [0.4, 0.5) is 17.3 Å². The van der Waals surface area contributed by atoms with Crippen molar-refractivity contribution in [3.63, 3.8) is 0 Å². The summed E-state index contributed by atoms with van der Waals surface area (Å²) in [5.41, 5.74) is 7.52. The molecule has 1 aromatic carbocycles. The molecule has 0 saturated carbocycles. The zero-order chi connectivity index (χ0) is 13.1. The summed E-state index contributed by atoms with van der Waals surface area (Å²) in [7, 11) is 1.63. The third kappa shape index (κ3) is 2.46. The lowest BCUT2D eigenvalue weighted by Crippen LogP contribution is -2.00. The van der Waals surface area contributed by atoms with Crippen molar-refractivity contribution in [3.05, 3.63) is 35.1 Å². The van der Waals surface area contributed by atoms with Gasteiger partial charge in [-0.3, -0.25) is 0 Å². The number of hydrogen-bond acceptors (Lipinski definition) is 5. The molecule has 18 heavy (non-hydrogen) atoms. The number of halogens is 1. The smallest absolute Gasteiger partial charge is 0.154 e. The SMILES string of the molecule is COc1ccc(Nc2ncnc(N)c2Cl)c(C)c1. The van der Waals surface area contributed by atoms with Crippen LogP contribution in [0.1, 0.15) is 5.56 Å². The van der Waals surface area contributed by atoms with E-state index in [0.717, 1.165) is 17.0 Å². The summed E-state index contributed by atoms with van der Waals surface area (Å²) >= 11 is 6.02. The second-order valence-electron chi connectivity index (χ2n) is 3.73. The molecule has 0 aliphatic rings. The van der Waals surface area contributed by atoms with Crippen LogP contribution in [0.3, 0.4) is 0 Å². The second-order valence-corrected chi connectivity index (χ2v) is 4.11. The van der Waals surface area contributed by atoms with Gasteiger partial charge in [0.15, 0.2) is 5.82 Å². The summed E-state index contributed by atoms with van der Waals surface area (Å²) in [4.78, 5) is 7.86. The molecule has 2 rings (SSSR count). The van der Waals surface area contributed by atoms with Crippen molar-refractivity contribution < 1.29 is 4.74 Å². The number of benzene rings is 1. The van der Waals surface area contributed by atoms with Gasteiger partial charge in [-0.1, -0.05) is 11.6 Å². The maximum absolute atomic E-state index is 6.02. The summed E-state index contributed by atoms with van der Waals surface area (Å²) < 4.78 is 5.14. The van der Waals surface area contributed by atoms with Gasteiger partial charge in [0.25, 0.3) is 0 Å². The van der Waals surface area contributed by atoms with Crippen LogP contribution < -0.4 is 15.8 Å². The van der Waals surface area contributed by atoms with Gasteiger partial charge in [0.1, 0.15) is 22.9 Å². The van der Waals surface area contributed by atoms with E-state index in [-0.39, 0.29) is 5.82 Å².